The molecule has 0 aliphatic heterocycles. The zero-order valence-corrected chi connectivity index (χ0v) is 11.6. The zero-order chi connectivity index (χ0) is 14.0. The molecule has 0 aliphatic rings. The summed E-state index contributed by atoms with van der Waals surface area (Å²) in [5.41, 5.74) is 0.417. The van der Waals surface area contributed by atoms with E-state index < -0.39 is 0 Å². The molecule has 0 fully saturated rings. The maximum atomic E-state index is 12.0. The lowest BCUT2D eigenvalue weighted by Gasteiger charge is -2.21. The van der Waals surface area contributed by atoms with Crippen LogP contribution in [0.3, 0.4) is 0 Å². The number of likely N-dealkylation sites (N-methyl/N-ethyl adjacent to an activating group) is 1. The predicted molar refractivity (Wildman–Crippen MR) is 75.4 cm³/mol. The molecule has 1 aromatic carbocycles. The van der Waals surface area contributed by atoms with Crippen LogP contribution in [-0.2, 0) is 6.54 Å². The van der Waals surface area contributed by atoms with E-state index in [0.29, 0.717) is 28.3 Å². The third kappa shape index (κ3) is 3.12. The van der Waals surface area contributed by atoms with Gasteiger partial charge in [-0.1, -0.05) is 11.6 Å². The minimum atomic E-state index is -0.201. The number of halogens is 1. The van der Waals surface area contributed by atoms with Crippen LogP contribution in [0.4, 0.5) is 0 Å². The molecule has 2 rings (SSSR count). The second-order valence-corrected chi connectivity index (χ2v) is 5.06. The van der Waals surface area contributed by atoms with Crippen molar-refractivity contribution in [2.24, 2.45) is 0 Å². The van der Waals surface area contributed by atoms with E-state index in [2.05, 4.69) is 9.97 Å². The summed E-state index contributed by atoms with van der Waals surface area (Å²) < 4.78 is 0. The number of H-pyrrole nitrogens is 1. The third-order valence-electron chi connectivity index (χ3n) is 3.13. The molecule has 0 amide bonds. The number of benzene rings is 1. The van der Waals surface area contributed by atoms with Gasteiger partial charge >= 0.3 is 0 Å². The van der Waals surface area contributed by atoms with Gasteiger partial charge in [-0.3, -0.25) is 9.69 Å². The van der Waals surface area contributed by atoms with Crippen LogP contribution in [-0.4, -0.2) is 39.7 Å². The highest BCUT2D eigenvalue weighted by atomic mass is 35.5. The molecule has 0 saturated heterocycles. The molecule has 1 atom stereocenters. The molecule has 6 heteroatoms. The fourth-order valence-electron chi connectivity index (χ4n) is 1.77. The normalized spacial score (nSPS) is 13.1. The second kappa shape index (κ2) is 5.69. The first-order valence-corrected chi connectivity index (χ1v) is 6.38. The first-order valence-electron chi connectivity index (χ1n) is 6.01. The van der Waals surface area contributed by atoms with Crippen LogP contribution in [0.25, 0.3) is 10.9 Å². The van der Waals surface area contributed by atoms with Crippen LogP contribution >= 0.6 is 11.6 Å². The second-order valence-electron chi connectivity index (χ2n) is 4.62. The molecular formula is C13H16ClN3O2. The number of nitrogens with zero attached hydrogens (tertiary/aromatic N) is 2. The summed E-state index contributed by atoms with van der Waals surface area (Å²) in [7, 11) is 1.87. The Kier molecular flexibility index (Phi) is 4.19. The van der Waals surface area contributed by atoms with Crippen LogP contribution < -0.4 is 5.56 Å². The summed E-state index contributed by atoms with van der Waals surface area (Å²) in [4.78, 5) is 21.0. The van der Waals surface area contributed by atoms with Crippen molar-refractivity contribution in [2.75, 3.05) is 13.7 Å². The molecule has 102 valence electrons. The Bertz CT molecular complexity index is 641. The van der Waals surface area contributed by atoms with Crippen molar-refractivity contribution in [1.82, 2.24) is 14.9 Å². The molecule has 0 bridgehead atoms. The maximum Gasteiger partial charge on any atom is 0.258 e. The molecule has 2 N–H and O–H groups in total. The van der Waals surface area contributed by atoms with Crippen LogP contribution in [0.5, 0.6) is 0 Å². The smallest absolute Gasteiger partial charge is 0.258 e. The van der Waals surface area contributed by atoms with Crippen LogP contribution in [0.15, 0.2) is 23.0 Å². The number of hydrogen-bond acceptors (Lipinski definition) is 4. The molecule has 0 spiro atoms. The van der Waals surface area contributed by atoms with Crippen molar-refractivity contribution in [2.45, 2.75) is 19.5 Å². The lowest BCUT2D eigenvalue weighted by molar-refractivity contribution is 0.151. The van der Waals surface area contributed by atoms with E-state index in [4.69, 9.17) is 16.7 Å². The van der Waals surface area contributed by atoms with Crippen molar-refractivity contribution >= 4 is 22.5 Å². The van der Waals surface area contributed by atoms with Gasteiger partial charge in [0.1, 0.15) is 5.82 Å². The monoisotopic (exact) mass is 281 g/mol. The summed E-state index contributed by atoms with van der Waals surface area (Å²) in [6.07, 6.45) is 0. The van der Waals surface area contributed by atoms with Gasteiger partial charge in [-0.05, 0) is 32.2 Å². The number of aromatic nitrogens is 2. The highest BCUT2D eigenvalue weighted by Gasteiger charge is 2.11. The van der Waals surface area contributed by atoms with E-state index in [1.807, 2.05) is 18.9 Å². The largest absolute Gasteiger partial charge is 0.395 e. The molecule has 1 aromatic heterocycles. The standard InChI is InChI=1S/C13H16ClN3O2/c1-8(7-18)17(2)6-12-15-11-4-3-9(14)5-10(11)13(19)16-12/h3-5,8,18H,6-7H2,1-2H3,(H,15,16,19). The van der Waals surface area contributed by atoms with Gasteiger partial charge in [-0.15, -0.1) is 0 Å². The molecule has 0 radical (unpaired) electrons. The summed E-state index contributed by atoms with van der Waals surface area (Å²) in [5.74, 6) is 0.572. The van der Waals surface area contributed by atoms with E-state index in [9.17, 15) is 4.79 Å². The molecule has 0 saturated carbocycles. The van der Waals surface area contributed by atoms with Crippen LogP contribution in [0, 0.1) is 0 Å². The molecule has 19 heavy (non-hydrogen) atoms. The van der Waals surface area contributed by atoms with Gasteiger partial charge in [0, 0.05) is 11.1 Å². The number of aromatic amines is 1. The zero-order valence-electron chi connectivity index (χ0n) is 10.9. The molecule has 2 aromatic rings. The Balaban J connectivity index is 2.36. The van der Waals surface area contributed by atoms with Gasteiger partial charge in [0.2, 0.25) is 0 Å². The van der Waals surface area contributed by atoms with Crippen molar-refractivity contribution < 1.29 is 5.11 Å². The average molecular weight is 282 g/mol. The molecule has 0 aliphatic carbocycles. The van der Waals surface area contributed by atoms with Gasteiger partial charge in [0.15, 0.2) is 0 Å². The fourth-order valence-corrected chi connectivity index (χ4v) is 1.94. The molecule has 1 unspecified atom stereocenters. The van der Waals surface area contributed by atoms with Gasteiger partial charge in [0.05, 0.1) is 24.1 Å². The average Bonchev–Trinajstić information content (AvgIpc) is 2.38. The minimum absolute atomic E-state index is 0.00576. The molecule has 5 nitrogen and oxygen atoms in total. The van der Waals surface area contributed by atoms with Crippen molar-refractivity contribution in [3.63, 3.8) is 0 Å². The highest BCUT2D eigenvalue weighted by molar-refractivity contribution is 6.31. The van der Waals surface area contributed by atoms with E-state index in [0.717, 1.165) is 0 Å². The number of aliphatic hydroxyl groups is 1. The highest BCUT2D eigenvalue weighted by Crippen LogP contribution is 2.14. The Hall–Kier alpha value is -1.43. The summed E-state index contributed by atoms with van der Waals surface area (Å²) in [6.45, 7) is 2.43. The Morgan fingerprint density at radius 1 is 1.53 bits per heavy atom. The number of fused-ring (bicyclic) bond motifs is 1. The molecular weight excluding hydrogens is 266 g/mol. The predicted octanol–water partition coefficient (Wildman–Crippen LogP) is 1.39. The van der Waals surface area contributed by atoms with E-state index in [1.54, 1.807) is 18.2 Å². The van der Waals surface area contributed by atoms with E-state index in [-0.39, 0.29) is 18.2 Å². The van der Waals surface area contributed by atoms with Gasteiger partial charge in [0.25, 0.3) is 5.56 Å². The van der Waals surface area contributed by atoms with Crippen molar-refractivity contribution in [1.29, 1.82) is 0 Å². The molecule has 1 heterocycles. The lowest BCUT2D eigenvalue weighted by atomic mass is 10.2. The maximum absolute atomic E-state index is 12.0. The third-order valence-corrected chi connectivity index (χ3v) is 3.37. The Morgan fingerprint density at radius 3 is 2.95 bits per heavy atom. The lowest BCUT2D eigenvalue weighted by Crippen LogP contribution is -2.32. The van der Waals surface area contributed by atoms with E-state index >= 15 is 0 Å². The minimum Gasteiger partial charge on any atom is -0.395 e. The fraction of sp³-hybridized carbons (Fsp3) is 0.385. The van der Waals surface area contributed by atoms with Crippen LogP contribution in [0.1, 0.15) is 12.7 Å². The Morgan fingerprint density at radius 2 is 2.26 bits per heavy atom. The van der Waals surface area contributed by atoms with Crippen molar-refractivity contribution in [3.05, 3.63) is 39.4 Å². The van der Waals surface area contributed by atoms with Crippen molar-refractivity contribution in [3.8, 4) is 0 Å². The summed E-state index contributed by atoms with van der Waals surface area (Å²) >= 11 is 5.86. The van der Waals surface area contributed by atoms with Gasteiger partial charge < -0.3 is 10.1 Å². The first-order chi connectivity index (χ1) is 9.01. The number of rotatable bonds is 4. The number of hydrogen-bond donors (Lipinski definition) is 2. The van der Waals surface area contributed by atoms with Gasteiger partial charge in [-0.2, -0.15) is 0 Å². The SMILES string of the molecule is CC(CO)N(C)Cc1nc2ccc(Cl)cc2c(=O)[nH]1. The quantitative estimate of drug-likeness (QED) is 0.889. The van der Waals surface area contributed by atoms with Crippen LogP contribution in [0.2, 0.25) is 5.02 Å². The van der Waals surface area contributed by atoms with E-state index in [1.165, 1.54) is 0 Å². The number of aliphatic hydroxyl groups excluding tert-OH is 1. The first kappa shape index (κ1) is 14.0. The topological polar surface area (TPSA) is 69.2 Å². The summed E-state index contributed by atoms with van der Waals surface area (Å²) in [6, 6.07) is 5.05. The number of nitrogens with one attached hydrogen (secondary N) is 1. The summed E-state index contributed by atoms with van der Waals surface area (Å²) in [5, 5.41) is 10.1. The Labute approximate surface area is 115 Å². The van der Waals surface area contributed by atoms with Gasteiger partial charge in [-0.25, -0.2) is 4.98 Å².